The number of ether oxygens (including phenoxy) is 1. The summed E-state index contributed by atoms with van der Waals surface area (Å²) in [7, 11) is 1.79. The number of fused-ring (bicyclic) bond motifs is 1. The molecular formula is C22H27N5O2S. The summed E-state index contributed by atoms with van der Waals surface area (Å²) in [4.78, 5) is 22.2. The molecule has 1 aromatic heterocycles. The first-order valence-corrected chi connectivity index (χ1v) is 10.5. The van der Waals surface area contributed by atoms with Gasteiger partial charge in [0.05, 0.1) is 11.0 Å². The van der Waals surface area contributed by atoms with E-state index < -0.39 is 6.09 Å². The van der Waals surface area contributed by atoms with Gasteiger partial charge in [-0.05, 0) is 49.2 Å². The van der Waals surface area contributed by atoms with Crippen molar-refractivity contribution < 1.29 is 9.53 Å². The van der Waals surface area contributed by atoms with E-state index in [1.807, 2.05) is 54.6 Å². The number of nitrogens with one attached hydrogen (secondary N) is 3. The van der Waals surface area contributed by atoms with Gasteiger partial charge in [-0.3, -0.25) is 0 Å². The van der Waals surface area contributed by atoms with Crippen molar-refractivity contribution in [1.29, 1.82) is 0 Å². The molecule has 0 radical (unpaired) electrons. The lowest BCUT2D eigenvalue weighted by atomic mass is 10.2. The second-order valence-corrected chi connectivity index (χ2v) is 7.24. The first kappa shape index (κ1) is 21.6. The average Bonchev–Trinajstić information content (AvgIpc) is 3.21. The molecule has 158 valence electrons. The number of nitrogens with zero attached hydrogens (tertiary/aromatic N) is 2. The van der Waals surface area contributed by atoms with Crippen LogP contribution in [0.1, 0.15) is 24.8 Å². The highest BCUT2D eigenvalue weighted by molar-refractivity contribution is 7.80. The van der Waals surface area contributed by atoms with Gasteiger partial charge < -0.3 is 20.4 Å². The predicted molar refractivity (Wildman–Crippen MR) is 124 cm³/mol. The number of aromatic amines is 1. The molecule has 0 bridgehead atoms. The van der Waals surface area contributed by atoms with Crippen molar-refractivity contribution in [2.75, 3.05) is 25.0 Å². The summed E-state index contributed by atoms with van der Waals surface area (Å²) in [6.45, 7) is 1.54. The molecule has 2 aromatic carbocycles. The van der Waals surface area contributed by atoms with E-state index >= 15 is 0 Å². The van der Waals surface area contributed by atoms with Gasteiger partial charge in [0.1, 0.15) is 6.61 Å². The largest absolute Gasteiger partial charge is 0.444 e. The maximum absolute atomic E-state index is 12.8. The van der Waals surface area contributed by atoms with Crippen LogP contribution in [0.4, 0.5) is 10.7 Å². The molecule has 8 heteroatoms. The van der Waals surface area contributed by atoms with Crippen LogP contribution < -0.4 is 15.5 Å². The number of amides is 1. The average molecular weight is 426 g/mol. The minimum atomic E-state index is -0.410. The molecule has 0 aliphatic heterocycles. The van der Waals surface area contributed by atoms with Gasteiger partial charge in [-0.1, -0.05) is 42.5 Å². The number of H-pyrrole nitrogens is 1. The zero-order valence-electron chi connectivity index (χ0n) is 17.1. The number of hydrogen-bond acceptors (Lipinski definition) is 4. The first-order chi connectivity index (χ1) is 14.7. The van der Waals surface area contributed by atoms with Gasteiger partial charge >= 0.3 is 6.09 Å². The molecule has 0 unspecified atom stereocenters. The molecule has 0 spiro atoms. The molecule has 3 N–H and O–H groups in total. The topological polar surface area (TPSA) is 82.3 Å². The Bertz CT molecular complexity index is 927. The second-order valence-electron chi connectivity index (χ2n) is 6.84. The quantitative estimate of drug-likeness (QED) is 0.355. The van der Waals surface area contributed by atoms with Crippen LogP contribution in [-0.4, -0.2) is 41.3 Å². The minimum absolute atomic E-state index is 0.224. The lowest BCUT2D eigenvalue weighted by Gasteiger charge is -2.19. The Hall–Kier alpha value is -3.13. The molecule has 3 rings (SSSR count). The van der Waals surface area contributed by atoms with E-state index in [2.05, 4.69) is 20.6 Å². The van der Waals surface area contributed by atoms with E-state index in [1.165, 1.54) is 0 Å². The van der Waals surface area contributed by atoms with E-state index in [0.717, 1.165) is 42.4 Å². The Balaban J connectivity index is 1.60. The third-order valence-corrected chi connectivity index (χ3v) is 4.98. The molecule has 7 nitrogen and oxygen atoms in total. The van der Waals surface area contributed by atoms with Crippen LogP contribution in [-0.2, 0) is 11.3 Å². The molecule has 0 fully saturated rings. The van der Waals surface area contributed by atoms with Crippen LogP contribution in [0.5, 0.6) is 0 Å². The van der Waals surface area contributed by atoms with Crippen LogP contribution in [0.25, 0.3) is 11.0 Å². The zero-order chi connectivity index (χ0) is 21.2. The standard InChI is InChI=1S/C22H27N5O2S/c1-23-21(30)24-14-8-3-9-15-27(20-25-18-12-6-7-13-19(18)26-20)22(28)29-16-17-10-4-2-5-11-17/h2,4-7,10-13H,3,8-9,14-16H2,1H3,(H,25,26)(H2,23,24,30). The van der Waals surface area contributed by atoms with Crippen molar-refractivity contribution in [3.05, 3.63) is 60.2 Å². The number of benzene rings is 2. The van der Waals surface area contributed by atoms with Crippen LogP contribution in [0, 0.1) is 0 Å². The summed E-state index contributed by atoms with van der Waals surface area (Å²) in [5.74, 6) is 0.503. The summed E-state index contributed by atoms with van der Waals surface area (Å²) < 4.78 is 5.55. The van der Waals surface area contributed by atoms with Crippen LogP contribution >= 0.6 is 12.2 Å². The third-order valence-electron chi connectivity index (χ3n) is 4.63. The predicted octanol–water partition coefficient (Wildman–Crippen LogP) is 3.97. The van der Waals surface area contributed by atoms with Gasteiger partial charge in [-0.2, -0.15) is 0 Å². The minimum Gasteiger partial charge on any atom is -0.444 e. The van der Waals surface area contributed by atoms with Gasteiger partial charge in [0, 0.05) is 20.1 Å². The van der Waals surface area contributed by atoms with Crippen molar-refractivity contribution in [1.82, 2.24) is 20.6 Å². The summed E-state index contributed by atoms with van der Waals surface area (Å²) in [5, 5.41) is 6.66. The number of para-hydroxylation sites is 2. The van der Waals surface area contributed by atoms with Crippen molar-refractivity contribution in [3.63, 3.8) is 0 Å². The molecule has 3 aromatic rings. The maximum Gasteiger partial charge on any atom is 0.416 e. The van der Waals surface area contributed by atoms with E-state index in [1.54, 1.807) is 11.9 Å². The number of aromatic nitrogens is 2. The number of thiocarbonyl (C=S) groups is 1. The van der Waals surface area contributed by atoms with Gasteiger partial charge in [-0.25, -0.2) is 14.7 Å². The summed E-state index contributed by atoms with van der Waals surface area (Å²) in [5.41, 5.74) is 2.65. The number of anilines is 1. The fraction of sp³-hybridized carbons (Fsp3) is 0.318. The monoisotopic (exact) mass is 425 g/mol. The lowest BCUT2D eigenvalue weighted by molar-refractivity contribution is 0.146. The Morgan fingerprint density at radius 2 is 1.87 bits per heavy atom. The number of unbranched alkanes of at least 4 members (excludes halogenated alkanes) is 2. The summed E-state index contributed by atoms with van der Waals surface area (Å²) in [6.07, 6.45) is 2.31. The maximum atomic E-state index is 12.8. The van der Waals surface area contributed by atoms with Crippen molar-refractivity contribution in [2.45, 2.75) is 25.9 Å². The Morgan fingerprint density at radius 3 is 2.63 bits per heavy atom. The fourth-order valence-corrected chi connectivity index (χ4v) is 3.11. The first-order valence-electron chi connectivity index (χ1n) is 10.1. The smallest absolute Gasteiger partial charge is 0.416 e. The number of imidazole rings is 1. The number of carbonyl (C=O) groups is 1. The van der Waals surface area contributed by atoms with Gasteiger partial charge in [0.15, 0.2) is 5.11 Å². The molecule has 0 aliphatic carbocycles. The third kappa shape index (κ3) is 6.18. The molecule has 0 saturated carbocycles. The molecule has 1 amide bonds. The molecule has 0 atom stereocenters. The van der Waals surface area contributed by atoms with Crippen molar-refractivity contribution in [3.8, 4) is 0 Å². The Kier molecular flexibility index (Phi) is 8.02. The van der Waals surface area contributed by atoms with Crippen molar-refractivity contribution >= 4 is 40.4 Å². The highest BCUT2D eigenvalue weighted by Crippen LogP contribution is 2.19. The fourth-order valence-electron chi connectivity index (χ4n) is 3.01. The lowest BCUT2D eigenvalue weighted by Crippen LogP contribution is -2.34. The van der Waals surface area contributed by atoms with Crippen LogP contribution in [0.3, 0.4) is 0 Å². The zero-order valence-corrected chi connectivity index (χ0v) is 17.9. The summed E-state index contributed by atoms with van der Waals surface area (Å²) >= 11 is 5.07. The highest BCUT2D eigenvalue weighted by atomic mass is 32.1. The molecule has 0 saturated heterocycles. The SMILES string of the molecule is CNC(=S)NCCCCCN(C(=O)OCc1ccccc1)c1nc2ccccc2[nH]1. The van der Waals surface area contributed by atoms with Gasteiger partial charge in [-0.15, -0.1) is 0 Å². The van der Waals surface area contributed by atoms with Gasteiger partial charge in [0.2, 0.25) is 5.95 Å². The van der Waals surface area contributed by atoms with Gasteiger partial charge in [0.25, 0.3) is 0 Å². The molecular weight excluding hydrogens is 398 g/mol. The number of hydrogen-bond donors (Lipinski definition) is 3. The molecule has 0 aliphatic rings. The highest BCUT2D eigenvalue weighted by Gasteiger charge is 2.20. The summed E-state index contributed by atoms with van der Waals surface area (Å²) in [6, 6.07) is 17.4. The van der Waals surface area contributed by atoms with Crippen LogP contribution in [0.2, 0.25) is 0 Å². The number of rotatable bonds is 9. The Labute approximate surface area is 181 Å². The Morgan fingerprint density at radius 1 is 1.10 bits per heavy atom. The molecule has 30 heavy (non-hydrogen) atoms. The normalized spacial score (nSPS) is 10.6. The van der Waals surface area contributed by atoms with Crippen molar-refractivity contribution in [2.24, 2.45) is 0 Å². The second kappa shape index (κ2) is 11.2. The van der Waals surface area contributed by atoms with E-state index in [9.17, 15) is 4.79 Å². The molecule has 1 heterocycles. The van der Waals surface area contributed by atoms with Crippen LogP contribution in [0.15, 0.2) is 54.6 Å². The van der Waals surface area contributed by atoms with E-state index in [4.69, 9.17) is 17.0 Å². The number of carbonyl (C=O) groups excluding carboxylic acids is 1. The van der Waals surface area contributed by atoms with E-state index in [-0.39, 0.29) is 6.61 Å². The van der Waals surface area contributed by atoms with E-state index in [0.29, 0.717) is 17.6 Å².